The molecule has 1 nitrogen and oxygen atoms in total. The number of nitrogens with one attached hydrogen (secondary N) is 1. The van der Waals surface area contributed by atoms with Crippen molar-refractivity contribution >= 4 is 44.8 Å². The van der Waals surface area contributed by atoms with E-state index in [1.54, 1.807) is 18.2 Å². The minimum Gasteiger partial charge on any atom is -0.380 e. The van der Waals surface area contributed by atoms with E-state index in [9.17, 15) is 13.2 Å². The van der Waals surface area contributed by atoms with Crippen LogP contribution in [0.1, 0.15) is 11.1 Å². The molecule has 0 radical (unpaired) electrons. The smallest absolute Gasteiger partial charge is 0.380 e. The van der Waals surface area contributed by atoms with E-state index in [4.69, 9.17) is 23.2 Å². The first-order chi connectivity index (χ1) is 9.79. The second kappa shape index (κ2) is 6.46. The van der Waals surface area contributed by atoms with Gasteiger partial charge in [0.1, 0.15) is 0 Å². The first-order valence-electron chi connectivity index (χ1n) is 5.82. The van der Waals surface area contributed by atoms with Gasteiger partial charge in [-0.05, 0) is 30.3 Å². The van der Waals surface area contributed by atoms with Crippen LogP contribution in [0.5, 0.6) is 0 Å². The van der Waals surface area contributed by atoms with Crippen LogP contribution in [0.3, 0.4) is 0 Å². The number of anilines is 1. The third-order valence-electron chi connectivity index (χ3n) is 2.80. The zero-order valence-electron chi connectivity index (χ0n) is 10.4. The van der Waals surface area contributed by atoms with E-state index in [0.29, 0.717) is 20.1 Å². The largest absolute Gasteiger partial charge is 0.418 e. The molecule has 2 rings (SSSR count). The van der Waals surface area contributed by atoms with E-state index in [0.717, 1.165) is 6.07 Å². The number of halogens is 6. The molecule has 0 saturated carbocycles. The Morgan fingerprint density at radius 2 is 1.67 bits per heavy atom. The fourth-order valence-corrected chi connectivity index (χ4v) is 2.68. The average Bonchev–Trinajstić information content (AvgIpc) is 2.38. The third kappa shape index (κ3) is 4.05. The topological polar surface area (TPSA) is 12.0 Å². The molecule has 0 unspecified atom stereocenters. The van der Waals surface area contributed by atoms with Gasteiger partial charge in [0.05, 0.1) is 5.56 Å². The summed E-state index contributed by atoms with van der Waals surface area (Å²) in [7, 11) is 0. The van der Waals surface area contributed by atoms with Gasteiger partial charge in [0.25, 0.3) is 0 Å². The minimum atomic E-state index is -4.45. The summed E-state index contributed by atoms with van der Waals surface area (Å²) in [5.41, 5.74) is -0.224. The molecular formula is C14H9BrCl2F3N. The van der Waals surface area contributed by atoms with Gasteiger partial charge in [0, 0.05) is 32.3 Å². The fourth-order valence-electron chi connectivity index (χ4n) is 1.79. The summed E-state index contributed by atoms with van der Waals surface area (Å²) < 4.78 is 39.4. The van der Waals surface area contributed by atoms with Crippen LogP contribution in [-0.2, 0) is 12.7 Å². The standard InChI is InChI=1S/C14H9BrCl2F3N/c15-8-4-5-13(10(6-8)14(18,19)20)21-7-9-11(16)2-1-3-12(9)17/h1-6,21H,7H2. The molecule has 7 heteroatoms. The Morgan fingerprint density at radius 3 is 2.24 bits per heavy atom. The highest BCUT2D eigenvalue weighted by molar-refractivity contribution is 9.10. The van der Waals surface area contributed by atoms with E-state index in [2.05, 4.69) is 21.2 Å². The van der Waals surface area contributed by atoms with Crippen LogP contribution in [0.2, 0.25) is 10.0 Å². The summed E-state index contributed by atoms with van der Waals surface area (Å²) in [6.45, 7) is 0.100. The molecule has 0 bridgehead atoms. The van der Waals surface area contributed by atoms with Gasteiger partial charge in [-0.25, -0.2) is 0 Å². The second-order valence-electron chi connectivity index (χ2n) is 4.24. The maximum Gasteiger partial charge on any atom is 0.418 e. The Bertz CT molecular complexity index is 639. The van der Waals surface area contributed by atoms with Crippen molar-refractivity contribution in [3.05, 3.63) is 62.0 Å². The Balaban J connectivity index is 2.29. The van der Waals surface area contributed by atoms with Gasteiger partial charge >= 0.3 is 6.18 Å². The molecule has 0 amide bonds. The van der Waals surface area contributed by atoms with Gasteiger partial charge in [0.2, 0.25) is 0 Å². The molecule has 112 valence electrons. The Hall–Kier alpha value is -0.910. The van der Waals surface area contributed by atoms with Crippen LogP contribution in [-0.4, -0.2) is 0 Å². The number of benzene rings is 2. The van der Waals surface area contributed by atoms with E-state index < -0.39 is 11.7 Å². The highest BCUT2D eigenvalue weighted by atomic mass is 79.9. The normalized spacial score (nSPS) is 11.5. The van der Waals surface area contributed by atoms with Crippen molar-refractivity contribution in [1.82, 2.24) is 0 Å². The van der Waals surface area contributed by atoms with E-state index in [1.807, 2.05) is 0 Å². The van der Waals surface area contributed by atoms with E-state index >= 15 is 0 Å². The van der Waals surface area contributed by atoms with Crippen molar-refractivity contribution in [3.63, 3.8) is 0 Å². The lowest BCUT2D eigenvalue weighted by Crippen LogP contribution is -2.11. The predicted octanol–water partition coefficient (Wildman–Crippen LogP) is 6.39. The van der Waals surface area contributed by atoms with Crippen molar-refractivity contribution < 1.29 is 13.2 Å². The van der Waals surface area contributed by atoms with Gasteiger partial charge in [-0.2, -0.15) is 13.2 Å². The molecule has 0 aliphatic rings. The molecule has 1 N–H and O–H groups in total. The fraction of sp³-hybridized carbons (Fsp3) is 0.143. The lowest BCUT2D eigenvalue weighted by Gasteiger charge is -2.16. The maximum absolute atomic E-state index is 13.0. The minimum absolute atomic E-state index is 0.0262. The maximum atomic E-state index is 13.0. The van der Waals surface area contributed by atoms with Gasteiger partial charge in [-0.3, -0.25) is 0 Å². The average molecular weight is 399 g/mol. The number of rotatable bonds is 3. The third-order valence-corrected chi connectivity index (χ3v) is 4.01. The molecule has 0 saturated heterocycles. The van der Waals surface area contributed by atoms with Crippen molar-refractivity contribution in [3.8, 4) is 0 Å². The summed E-state index contributed by atoms with van der Waals surface area (Å²) in [5.74, 6) is 0. The Labute approximate surface area is 138 Å². The Kier molecular flexibility index (Phi) is 5.07. The summed E-state index contributed by atoms with van der Waals surface area (Å²) in [5, 5.41) is 3.54. The van der Waals surface area contributed by atoms with Crippen LogP contribution < -0.4 is 5.32 Å². The zero-order valence-corrected chi connectivity index (χ0v) is 13.5. The molecule has 2 aromatic carbocycles. The lowest BCUT2D eigenvalue weighted by atomic mass is 10.1. The van der Waals surface area contributed by atoms with E-state index in [-0.39, 0.29) is 12.2 Å². The molecule has 21 heavy (non-hydrogen) atoms. The molecule has 0 fully saturated rings. The molecule has 0 aliphatic heterocycles. The van der Waals surface area contributed by atoms with E-state index in [1.165, 1.54) is 12.1 Å². The van der Waals surface area contributed by atoms with Crippen molar-refractivity contribution in [1.29, 1.82) is 0 Å². The van der Waals surface area contributed by atoms with Gasteiger partial charge in [-0.1, -0.05) is 45.2 Å². The monoisotopic (exact) mass is 397 g/mol. The first kappa shape index (κ1) is 16.5. The van der Waals surface area contributed by atoms with Crippen LogP contribution in [0, 0.1) is 0 Å². The zero-order chi connectivity index (χ0) is 15.6. The number of hydrogen-bond acceptors (Lipinski definition) is 1. The van der Waals surface area contributed by atoms with Crippen molar-refractivity contribution in [2.45, 2.75) is 12.7 Å². The lowest BCUT2D eigenvalue weighted by molar-refractivity contribution is -0.137. The summed E-state index contributed by atoms with van der Waals surface area (Å²) in [6.07, 6.45) is -4.45. The molecule has 2 aromatic rings. The van der Waals surface area contributed by atoms with Crippen LogP contribution in [0.4, 0.5) is 18.9 Å². The highest BCUT2D eigenvalue weighted by Gasteiger charge is 2.33. The van der Waals surface area contributed by atoms with Crippen LogP contribution >= 0.6 is 39.1 Å². The number of alkyl halides is 3. The molecule has 0 atom stereocenters. The quantitative estimate of drug-likeness (QED) is 0.631. The molecular weight excluding hydrogens is 390 g/mol. The van der Waals surface area contributed by atoms with Crippen LogP contribution in [0.15, 0.2) is 40.9 Å². The van der Waals surface area contributed by atoms with Crippen molar-refractivity contribution in [2.75, 3.05) is 5.32 Å². The molecule has 0 aromatic heterocycles. The number of hydrogen-bond donors (Lipinski definition) is 1. The molecule has 0 spiro atoms. The van der Waals surface area contributed by atoms with Gasteiger partial charge in [0.15, 0.2) is 0 Å². The van der Waals surface area contributed by atoms with Crippen molar-refractivity contribution in [2.24, 2.45) is 0 Å². The van der Waals surface area contributed by atoms with Gasteiger partial charge in [-0.15, -0.1) is 0 Å². The summed E-state index contributed by atoms with van der Waals surface area (Å²) in [6, 6.07) is 8.86. The SMILES string of the molecule is FC(F)(F)c1cc(Br)ccc1NCc1c(Cl)cccc1Cl. The Morgan fingerprint density at radius 1 is 1.05 bits per heavy atom. The molecule has 0 aliphatic carbocycles. The second-order valence-corrected chi connectivity index (χ2v) is 5.97. The first-order valence-corrected chi connectivity index (χ1v) is 7.37. The summed E-state index contributed by atoms with van der Waals surface area (Å²) >= 11 is 15.0. The highest BCUT2D eigenvalue weighted by Crippen LogP contribution is 2.37. The molecule has 0 heterocycles. The van der Waals surface area contributed by atoms with Crippen LogP contribution in [0.25, 0.3) is 0 Å². The predicted molar refractivity (Wildman–Crippen MR) is 82.9 cm³/mol. The van der Waals surface area contributed by atoms with Gasteiger partial charge < -0.3 is 5.32 Å². The summed E-state index contributed by atoms with van der Waals surface area (Å²) in [4.78, 5) is 0.